The Labute approximate surface area is 101 Å². The number of nitrogen functional groups attached to an aromatic ring is 1. The molecule has 4 nitrogen and oxygen atoms in total. The molecule has 0 radical (unpaired) electrons. The molecule has 0 amide bonds. The lowest BCUT2D eigenvalue weighted by Gasteiger charge is -2.12. The Balaban J connectivity index is 2.22. The fourth-order valence-electron chi connectivity index (χ4n) is 1.60. The third-order valence-electron chi connectivity index (χ3n) is 2.52. The number of benzene rings is 1. The van der Waals surface area contributed by atoms with Crippen molar-refractivity contribution in [3.63, 3.8) is 0 Å². The van der Waals surface area contributed by atoms with E-state index < -0.39 is 0 Å². The number of nitrogens with two attached hydrogens (primary N) is 1. The highest BCUT2D eigenvalue weighted by Gasteiger charge is 2.03. The summed E-state index contributed by atoms with van der Waals surface area (Å²) in [6.45, 7) is 1.55. The summed E-state index contributed by atoms with van der Waals surface area (Å²) in [5.41, 5.74) is 7.31. The number of rotatable bonds is 4. The fourth-order valence-corrected chi connectivity index (χ4v) is 1.60. The molecule has 17 heavy (non-hydrogen) atoms. The van der Waals surface area contributed by atoms with Gasteiger partial charge in [-0.1, -0.05) is 0 Å². The Morgan fingerprint density at radius 2 is 2.12 bits per heavy atom. The predicted molar refractivity (Wildman–Crippen MR) is 70.2 cm³/mol. The number of anilines is 1. The maximum Gasteiger partial charge on any atom is 0.130 e. The maximum absolute atomic E-state index is 5.75. The molecule has 0 aliphatic heterocycles. The first-order valence-electron chi connectivity index (χ1n) is 5.58. The van der Waals surface area contributed by atoms with Crippen molar-refractivity contribution in [1.82, 2.24) is 9.88 Å². The molecule has 1 aromatic carbocycles. The normalized spacial score (nSPS) is 11.0. The maximum atomic E-state index is 5.75. The van der Waals surface area contributed by atoms with Gasteiger partial charge in [0, 0.05) is 23.8 Å². The van der Waals surface area contributed by atoms with E-state index in [2.05, 4.69) is 9.88 Å². The number of likely N-dealkylation sites (N-methyl/N-ethyl adjacent to an activating group) is 1. The molecular weight excluding hydrogens is 214 g/mol. The van der Waals surface area contributed by atoms with Gasteiger partial charge in [0.2, 0.25) is 0 Å². The van der Waals surface area contributed by atoms with E-state index in [-0.39, 0.29) is 0 Å². The molecule has 90 valence electrons. The Morgan fingerprint density at radius 1 is 1.29 bits per heavy atom. The molecule has 0 saturated heterocycles. The molecule has 0 fully saturated rings. The SMILES string of the molecule is CN(C)CCOc1ccnc2cc(N)ccc12. The number of aromatic nitrogens is 1. The second-order valence-electron chi connectivity index (χ2n) is 4.24. The monoisotopic (exact) mass is 231 g/mol. The summed E-state index contributed by atoms with van der Waals surface area (Å²) in [4.78, 5) is 6.36. The lowest BCUT2D eigenvalue weighted by Crippen LogP contribution is -2.19. The zero-order chi connectivity index (χ0) is 12.3. The minimum absolute atomic E-state index is 0.663. The van der Waals surface area contributed by atoms with Crippen molar-refractivity contribution in [2.75, 3.05) is 33.0 Å². The van der Waals surface area contributed by atoms with Gasteiger partial charge >= 0.3 is 0 Å². The van der Waals surface area contributed by atoms with Gasteiger partial charge in [0.15, 0.2) is 0 Å². The molecule has 0 unspecified atom stereocenters. The van der Waals surface area contributed by atoms with Crippen LogP contribution in [0, 0.1) is 0 Å². The first-order valence-corrected chi connectivity index (χ1v) is 5.58. The number of pyridine rings is 1. The molecule has 0 aliphatic rings. The Kier molecular flexibility index (Phi) is 3.44. The fraction of sp³-hybridized carbons (Fsp3) is 0.308. The minimum Gasteiger partial charge on any atom is -0.491 e. The highest BCUT2D eigenvalue weighted by Crippen LogP contribution is 2.25. The Hall–Kier alpha value is -1.81. The molecule has 2 rings (SSSR count). The van der Waals surface area contributed by atoms with Crippen molar-refractivity contribution in [1.29, 1.82) is 0 Å². The van der Waals surface area contributed by atoms with E-state index in [1.807, 2.05) is 38.4 Å². The molecule has 0 saturated carbocycles. The van der Waals surface area contributed by atoms with E-state index in [1.54, 1.807) is 6.20 Å². The number of nitrogens with zero attached hydrogens (tertiary/aromatic N) is 2. The van der Waals surface area contributed by atoms with Gasteiger partial charge in [0.05, 0.1) is 5.52 Å². The van der Waals surface area contributed by atoms with Crippen molar-refractivity contribution < 1.29 is 4.74 Å². The van der Waals surface area contributed by atoms with Crippen LogP contribution in [-0.2, 0) is 0 Å². The van der Waals surface area contributed by atoms with Crippen molar-refractivity contribution in [3.8, 4) is 5.75 Å². The zero-order valence-corrected chi connectivity index (χ0v) is 10.2. The van der Waals surface area contributed by atoms with Crippen LogP contribution in [0.1, 0.15) is 0 Å². The van der Waals surface area contributed by atoms with E-state index in [0.29, 0.717) is 6.61 Å². The highest BCUT2D eigenvalue weighted by molar-refractivity contribution is 5.87. The summed E-state index contributed by atoms with van der Waals surface area (Å²) < 4.78 is 5.75. The van der Waals surface area contributed by atoms with E-state index in [9.17, 15) is 0 Å². The molecule has 0 atom stereocenters. The van der Waals surface area contributed by atoms with Crippen LogP contribution in [0.5, 0.6) is 5.75 Å². The van der Waals surface area contributed by atoms with Gasteiger partial charge in [0.1, 0.15) is 12.4 Å². The van der Waals surface area contributed by atoms with Crippen LogP contribution in [0.15, 0.2) is 30.5 Å². The molecule has 1 heterocycles. The number of hydrogen-bond donors (Lipinski definition) is 1. The van der Waals surface area contributed by atoms with Gasteiger partial charge in [-0.2, -0.15) is 0 Å². The predicted octanol–water partition coefficient (Wildman–Crippen LogP) is 1.76. The van der Waals surface area contributed by atoms with Crippen molar-refractivity contribution in [3.05, 3.63) is 30.5 Å². The molecule has 0 bridgehead atoms. The van der Waals surface area contributed by atoms with Crippen LogP contribution >= 0.6 is 0 Å². The third-order valence-corrected chi connectivity index (χ3v) is 2.52. The van der Waals surface area contributed by atoms with Crippen molar-refractivity contribution in [2.45, 2.75) is 0 Å². The summed E-state index contributed by atoms with van der Waals surface area (Å²) in [6, 6.07) is 7.55. The largest absolute Gasteiger partial charge is 0.491 e. The van der Waals surface area contributed by atoms with Crippen molar-refractivity contribution in [2.24, 2.45) is 0 Å². The van der Waals surface area contributed by atoms with Crippen molar-refractivity contribution >= 4 is 16.6 Å². The van der Waals surface area contributed by atoms with Crippen LogP contribution < -0.4 is 10.5 Å². The molecular formula is C13H17N3O. The van der Waals surface area contributed by atoms with E-state index in [1.165, 1.54) is 0 Å². The quantitative estimate of drug-likeness (QED) is 0.815. The Morgan fingerprint density at radius 3 is 2.88 bits per heavy atom. The number of ether oxygens (including phenoxy) is 1. The first kappa shape index (κ1) is 11.7. The average Bonchev–Trinajstić information content (AvgIpc) is 2.28. The minimum atomic E-state index is 0.663. The highest BCUT2D eigenvalue weighted by atomic mass is 16.5. The number of fused-ring (bicyclic) bond motifs is 1. The summed E-state index contributed by atoms with van der Waals surface area (Å²) in [7, 11) is 4.05. The topological polar surface area (TPSA) is 51.4 Å². The molecule has 0 aliphatic carbocycles. The zero-order valence-electron chi connectivity index (χ0n) is 10.2. The van der Waals surface area contributed by atoms with Gasteiger partial charge in [0.25, 0.3) is 0 Å². The molecule has 2 aromatic rings. The molecule has 1 aromatic heterocycles. The van der Waals surface area contributed by atoms with Gasteiger partial charge in [-0.3, -0.25) is 4.98 Å². The molecule has 2 N–H and O–H groups in total. The van der Waals surface area contributed by atoms with Gasteiger partial charge in [-0.15, -0.1) is 0 Å². The summed E-state index contributed by atoms with van der Waals surface area (Å²) in [5, 5.41) is 1.00. The van der Waals surface area contributed by atoms with Crippen LogP contribution in [0.3, 0.4) is 0 Å². The van der Waals surface area contributed by atoms with E-state index in [4.69, 9.17) is 10.5 Å². The summed E-state index contributed by atoms with van der Waals surface area (Å²) >= 11 is 0. The summed E-state index contributed by atoms with van der Waals surface area (Å²) in [5.74, 6) is 0.858. The first-order chi connectivity index (χ1) is 8.16. The van der Waals surface area contributed by atoms with Crippen LogP contribution in [0.25, 0.3) is 10.9 Å². The van der Waals surface area contributed by atoms with Gasteiger partial charge in [-0.05, 0) is 38.4 Å². The average molecular weight is 231 g/mol. The standard InChI is InChI=1S/C13H17N3O/c1-16(2)7-8-17-13-5-6-15-12-9-10(14)3-4-11(12)13/h3-6,9H,7-8,14H2,1-2H3. The van der Waals surface area contributed by atoms with E-state index >= 15 is 0 Å². The van der Waals surface area contributed by atoms with E-state index in [0.717, 1.165) is 28.9 Å². The summed E-state index contributed by atoms with van der Waals surface area (Å²) in [6.07, 6.45) is 1.74. The second kappa shape index (κ2) is 5.01. The number of hydrogen-bond acceptors (Lipinski definition) is 4. The Bertz CT molecular complexity index is 511. The third kappa shape index (κ3) is 2.85. The van der Waals surface area contributed by atoms with Gasteiger partial charge in [-0.25, -0.2) is 0 Å². The molecule has 0 spiro atoms. The lowest BCUT2D eigenvalue weighted by molar-refractivity contribution is 0.263. The van der Waals surface area contributed by atoms with Crippen LogP contribution in [0.4, 0.5) is 5.69 Å². The lowest BCUT2D eigenvalue weighted by atomic mass is 10.2. The smallest absolute Gasteiger partial charge is 0.130 e. The molecule has 4 heteroatoms. The van der Waals surface area contributed by atoms with Gasteiger partial charge < -0.3 is 15.4 Å². The van der Waals surface area contributed by atoms with Crippen LogP contribution in [-0.4, -0.2) is 37.1 Å². The van der Waals surface area contributed by atoms with Crippen LogP contribution in [0.2, 0.25) is 0 Å². The second-order valence-corrected chi connectivity index (χ2v) is 4.24.